The van der Waals surface area contributed by atoms with Gasteiger partial charge in [-0.15, -0.1) is 0 Å². The van der Waals surface area contributed by atoms with Crippen LogP contribution in [0.15, 0.2) is 11.1 Å². The molecule has 0 spiro atoms. The van der Waals surface area contributed by atoms with Crippen LogP contribution in [0.25, 0.3) is 0 Å². The fourth-order valence-electron chi connectivity index (χ4n) is 1.99. The zero-order valence-corrected chi connectivity index (χ0v) is 6.47. The van der Waals surface area contributed by atoms with Gasteiger partial charge in [-0.05, 0) is 32.1 Å². The number of carboxylic acids is 1. The van der Waals surface area contributed by atoms with Crippen molar-refractivity contribution in [2.75, 3.05) is 0 Å². The summed E-state index contributed by atoms with van der Waals surface area (Å²) in [6.45, 7) is 0. The van der Waals surface area contributed by atoms with Crippen molar-refractivity contribution in [2.45, 2.75) is 32.1 Å². The zero-order chi connectivity index (χ0) is 7.84. The number of carbonyl (C=O) groups is 1. The summed E-state index contributed by atoms with van der Waals surface area (Å²) in [7, 11) is 0. The van der Waals surface area contributed by atoms with Gasteiger partial charge in [0.05, 0.1) is 5.92 Å². The molecule has 0 saturated carbocycles. The minimum Gasteiger partial charge on any atom is -0.481 e. The molecule has 0 fully saturated rings. The first-order valence-corrected chi connectivity index (χ1v) is 4.20. The van der Waals surface area contributed by atoms with Crippen molar-refractivity contribution in [1.29, 1.82) is 0 Å². The lowest BCUT2D eigenvalue weighted by atomic mass is 9.74. The van der Waals surface area contributed by atoms with Gasteiger partial charge in [0.25, 0.3) is 0 Å². The highest BCUT2D eigenvalue weighted by Gasteiger charge is 2.29. The summed E-state index contributed by atoms with van der Waals surface area (Å²) >= 11 is 0. The van der Waals surface area contributed by atoms with E-state index in [1.807, 2.05) is 0 Å². The molecule has 1 N–H and O–H groups in total. The van der Waals surface area contributed by atoms with E-state index in [9.17, 15) is 4.79 Å². The Morgan fingerprint density at radius 1 is 1.27 bits per heavy atom. The van der Waals surface area contributed by atoms with Crippen molar-refractivity contribution in [1.82, 2.24) is 0 Å². The predicted molar refractivity (Wildman–Crippen MR) is 41.2 cm³/mol. The second-order valence-electron chi connectivity index (χ2n) is 3.49. The van der Waals surface area contributed by atoms with Gasteiger partial charge in [-0.1, -0.05) is 11.1 Å². The van der Waals surface area contributed by atoms with Crippen LogP contribution in [0.1, 0.15) is 32.1 Å². The van der Waals surface area contributed by atoms with Gasteiger partial charge in [-0.3, -0.25) is 4.79 Å². The smallest absolute Gasteiger partial charge is 0.306 e. The SMILES string of the molecule is O=C(O)C1CCC2=C(CC2)C1. The molecule has 2 rings (SSSR count). The Bertz CT molecular complexity index is 228. The maximum absolute atomic E-state index is 10.6. The van der Waals surface area contributed by atoms with Crippen molar-refractivity contribution < 1.29 is 9.90 Å². The topological polar surface area (TPSA) is 37.3 Å². The molecule has 60 valence electrons. The number of carboxylic acid groups (broad SMARTS) is 1. The van der Waals surface area contributed by atoms with Gasteiger partial charge in [-0.25, -0.2) is 0 Å². The van der Waals surface area contributed by atoms with E-state index in [2.05, 4.69) is 0 Å². The number of allylic oxidation sites excluding steroid dienone is 2. The third-order valence-electron chi connectivity index (χ3n) is 2.87. The van der Waals surface area contributed by atoms with E-state index in [0.29, 0.717) is 0 Å². The second-order valence-corrected chi connectivity index (χ2v) is 3.49. The second kappa shape index (κ2) is 2.36. The quantitative estimate of drug-likeness (QED) is 0.583. The van der Waals surface area contributed by atoms with Crippen molar-refractivity contribution in [2.24, 2.45) is 5.92 Å². The highest BCUT2D eigenvalue weighted by atomic mass is 16.4. The van der Waals surface area contributed by atoms with Crippen molar-refractivity contribution in [3.05, 3.63) is 11.1 Å². The monoisotopic (exact) mass is 152 g/mol. The molecular formula is C9H12O2. The zero-order valence-electron chi connectivity index (χ0n) is 6.47. The third-order valence-corrected chi connectivity index (χ3v) is 2.87. The molecule has 0 aliphatic heterocycles. The molecule has 0 aromatic carbocycles. The first-order chi connectivity index (χ1) is 5.27. The molecule has 0 heterocycles. The lowest BCUT2D eigenvalue weighted by molar-refractivity contribution is -0.142. The molecule has 0 bridgehead atoms. The van der Waals surface area contributed by atoms with Crippen LogP contribution in [0.2, 0.25) is 0 Å². The van der Waals surface area contributed by atoms with E-state index in [4.69, 9.17) is 5.11 Å². The van der Waals surface area contributed by atoms with Gasteiger partial charge in [0, 0.05) is 0 Å². The maximum Gasteiger partial charge on any atom is 0.306 e. The van der Waals surface area contributed by atoms with Crippen LogP contribution in [-0.4, -0.2) is 11.1 Å². The molecule has 0 radical (unpaired) electrons. The van der Waals surface area contributed by atoms with Gasteiger partial charge in [0.1, 0.15) is 0 Å². The third kappa shape index (κ3) is 1.06. The Morgan fingerprint density at radius 3 is 2.45 bits per heavy atom. The fraction of sp³-hybridized carbons (Fsp3) is 0.667. The van der Waals surface area contributed by atoms with Gasteiger partial charge in [-0.2, -0.15) is 0 Å². The summed E-state index contributed by atoms with van der Waals surface area (Å²) in [5, 5.41) is 8.74. The number of hydrogen-bond acceptors (Lipinski definition) is 1. The lowest BCUT2D eigenvalue weighted by Gasteiger charge is -2.31. The molecule has 0 saturated heterocycles. The standard InChI is InChI=1S/C9H12O2/c10-9(11)8-4-2-6-1-3-7(6)5-8/h8H,1-5H2,(H,10,11). The molecule has 0 aromatic rings. The van der Waals surface area contributed by atoms with Gasteiger partial charge in [0.2, 0.25) is 0 Å². The number of hydrogen-bond donors (Lipinski definition) is 1. The van der Waals surface area contributed by atoms with Crippen LogP contribution in [0.3, 0.4) is 0 Å². The molecular weight excluding hydrogens is 140 g/mol. The molecule has 2 heteroatoms. The van der Waals surface area contributed by atoms with Crippen LogP contribution in [0, 0.1) is 5.92 Å². The van der Waals surface area contributed by atoms with Crippen LogP contribution < -0.4 is 0 Å². The number of rotatable bonds is 1. The molecule has 0 amide bonds. The Hall–Kier alpha value is -0.790. The van der Waals surface area contributed by atoms with E-state index >= 15 is 0 Å². The Morgan fingerprint density at radius 2 is 2.00 bits per heavy atom. The predicted octanol–water partition coefficient (Wildman–Crippen LogP) is 1.96. The maximum atomic E-state index is 10.6. The van der Waals surface area contributed by atoms with Crippen LogP contribution in [0.4, 0.5) is 0 Å². The highest BCUT2D eigenvalue weighted by Crippen LogP contribution is 2.41. The van der Waals surface area contributed by atoms with Crippen molar-refractivity contribution in [3.8, 4) is 0 Å². The van der Waals surface area contributed by atoms with Gasteiger partial charge in [0.15, 0.2) is 0 Å². The summed E-state index contributed by atoms with van der Waals surface area (Å²) < 4.78 is 0. The molecule has 0 aromatic heterocycles. The molecule has 11 heavy (non-hydrogen) atoms. The summed E-state index contributed by atoms with van der Waals surface area (Å²) in [6.07, 6.45) is 5.16. The van der Waals surface area contributed by atoms with Crippen molar-refractivity contribution in [3.63, 3.8) is 0 Å². The lowest BCUT2D eigenvalue weighted by Crippen LogP contribution is -2.22. The summed E-state index contributed by atoms with van der Waals surface area (Å²) in [6, 6.07) is 0. The average molecular weight is 152 g/mol. The van der Waals surface area contributed by atoms with Crippen LogP contribution in [0.5, 0.6) is 0 Å². The molecule has 1 unspecified atom stereocenters. The normalized spacial score (nSPS) is 29.3. The van der Waals surface area contributed by atoms with Gasteiger partial charge < -0.3 is 5.11 Å². The minimum absolute atomic E-state index is 0.0750. The van der Waals surface area contributed by atoms with Crippen LogP contribution >= 0.6 is 0 Å². The van der Waals surface area contributed by atoms with E-state index in [1.54, 1.807) is 5.57 Å². The minimum atomic E-state index is -0.608. The molecule has 2 aliphatic rings. The summed E-state index contributed by atoms with van der Waals surface area (Å²) in [5.74, 6) is -0.683. The van der Waals surface area contributed by atoms with E-state index in [0.717, 1.165) is 19.3 Å². The van der Waals surface area contributed by atoms with E-state index in [1.165, 1.54) is 18.4 Å². The number of aliphatic carboxylic acids is 1. The highest BCUT2D eigenvalue weighted by molar-refractivity contribution is 5.71. The molecule has 2 aliphatic carbocycles. The summed E-state index contributed by atoms with van der Waals surface area (Å²) in [4.78, 5) is 10.6. The molecule has 1 atom stereocenters. The van der Waals surface area contributed by atoms with Crippen LogP contribution in [-0.2, 0) is 4.79 Å². The first kappa shape index (κ1) is 6.89. The Kier molecular flexibility index (Phi) is 1.48. The largest absolute Gasteiger partial charge is 0.481 e. The van der Waals surface area contributed by atoms with Crippen molar-refractivity contribution >= 4 is 5.97 Å². The van der Waals surface area contributed by atoms with Gasteiger partial charge >= 0.3 is 5.97 Å². The summed E-state index contributed by atoms with van der Waals surface area (Å²) in [5.41, 5.74) is 3.01. The first-order valence-electron chi connectivity index (χ1n) is 4.20. The average Bonchev–Trinajstić information content (AvgIpc) is 1.91. The molecule has 2 nitrogen and oxygen atoms in total. The Balaban J connectivity index is 2.07. The van der Waals surface area contributed by atoms with E-state index in [-0.39, 0.29) is 5.92 Å². The fourth-order valence-corrected chi connectivity index (χ4v) is 1.99. The van der Waals surface area contributed by atoms with E-state index < -0.39 is 5.97 Å². The Labute approximate surface area is 65.9 Å².